The lowest BCUT2D eigenvalue weighted by atomic mass is 9.76. The summed E-state index contributed by atoms with van der Waals surface area (Å²) in [6.45, 7) is 9.90. The average molecular weight is 520 g/mol. The number of aryl methyl sites for hydroxylation is 3. The second-order valence-corrected chi connectivity index (χ2v) is 10.4. The molecule has 1 N–H and O–H groups in total. The van der Waals surface area contributed by atoms with E-state index in [0.29, 0.717) is 24.6 Å². The number of pyridine rings is 1. The molecule has 2 aromatic heterocycles. The van der Waals surface area contributed by atoms with Gasteiger partial charge in [0.15, 0.2) is 5.82 Å². The maximum Gasteiger partial charge on any atom is 0.338 e. The molecule has 1 aliphatic heterocycles. The molecule has 1 saturated carbocycles. The van der Waals surface area contributed by atoms with Crippen LogP contribution in [0.3, 0.4) is 0 Å². The SMILES string of the molecule is C/C=C(/C)n1nc(CC2=C(O)C[C@](CCc3cc(CC)nc(CC)c3)(C3CCCC3)OC2=O)nc1/N=C/C. The first-order valence-corrected chi connectivity index (χ1v) is 14.0. The van der Waals surface area contributed by atoms with Gasteiger partial charge in [-0.3, -0.25) is 4.98 Å². The Kier molecular flexibility index (Phi) is 8.80. The lowest BCUT2D eigenvalue weighted by Crippen LogP contribution is -2.46. The van der Waals surface area contributed by atoms with Crippen molar-refractivity contribution in [3.63, 3.8) is 0 Å². The van der Waals surface area contributed by atoms with Crippen LogP contribution in [0.25, 0.3) is 5.70 Å². The Morgan fingerprint density at radius 2 is 1.87 bits per heavy atom. The van der Waals surface area contributed by atoms with Gasteiger partial charge in [-0.15, -0.1) is 5.10 Å². The van der Waals surface area contributed by atoms with Crippen molar-refractivity contribution in [1.82, 2.24) is 19.7 Å². The van der Waals surface area contributed by atoms with Crippen LogP contribution in [0.5, 0.6) is 0 Å². The van der Waals surface area contributed by atoms with Crippen molar-refractivity contribution in [2.24, 2.45) is 10.9 Å². The van der Waals surface area contributed by atoms with E-state index >= 15 is 0 Å². The predicted octanol–water partition coefficient (Wildman–Crippen LogP) is 6.26. The number of cyclic esters (lactones) is 1. The Morgan fingerprint density at radius 3 is 2.45 bits per heavy atom. The van der Waals surface area contributed by atoms with Gasteiger partial charge < -0.3 is 9.84 Å². The molecule has 2 aromatic rings. The molecule has 1 atom stereocenters. The van der Waals surface area contributed by atoms with E-state index in [-0.39, 0.29) is 23.7 Å². The predicted molar refractivity (Wildman–Crippen MR) is 150 cm³/mol. The number of aliphatic imine (C=N–C) groups is 1. The van der Waals surface area contributed by atoms with Crippen molar-refractivity contribution in [1.29, 1.82) is 0 Å². The van der Waals surface area contributed by atoms with Gasteiger partial charge in [-0.1, -0.05) is 32.8 Å². The smallest absolute Gasteiger partial charge is 0.338 e. The van der Waals surface area contributed by atoms with E-state index in [1.807, 2.05) is 26.8 Å². The zero-order valence-corrected chi connectivity index (χ0v) is 23.5. The number of hydrogen-bond donors (Lipinski definition) is 1. The fourth-order valence-corrected chi connectivity index (χ4v) is 5.70. The molecular weight excluding hydrogens is 478 g/mol. The number of esters is 1. The molecule has 0 unspecified atom stereocenters. The second kappa shape index (κ2) is 12.0. The van der Waals surface area contributed by atoms with E-state index in [1.165, 1.54) is 5.56 Å². The van der Waals surface area contributed by atoms with E-state index < -0.39 is 11.6 Å². The Balaban J connectivity index is 1.60. The van der Waals surface area contributed by atoms with Crippen LogP contribution in [0.4, 0.5) is 5.95 Å². The first-order valence-electron chi connectivity index (χ1n) is 14.0. The van der Waals surface area contributed by atoms with Crippen molar-refractivity contribution < 1.29 is 14.6 Å². The number of carbonyl (C=O) groups excluding carboxylic acids is 1. The normalized spacial score (nSPS) is 21.1. The third-order valence-electron chi connectivity index (χ3n) is 7.97. The molecule has 8 heteroatoms. The van der Waals surface area contributed by atoms with Crippen LogP contribution in [0.1, 0.15) is 95.9 Å². The fraction of sp³-hybridized carbons (Fsp3) is 0.567. The molecule has 3 heterocycles. The van der Waals surface area contributed by atoms with Crippen LogP contribution >= 0.6 is 0 Å². The largest absolute Gasteiger partial charge is 0.512 e. The quantitative estimate of drug-likeness (QED) is 0.293. The van der Waals surface area contributed by atoms with Gasteiger partial charge in [-0.05, 0) is 82.9 Å². The fourth-order valence-electron chi connectivity index (χ4n) is 5.70. The maximum absolute atomic E-state index is 13.4. The van der Waals surface area contributed by atoms with Crippen molar-refractivity contribution in [3.8, 4) is 0 Å². The number of allylic oxidation sites excluding steroid dienone is 2. The van der Waals surface area contributed by atoms with Crippen LogP contribution in [-0.4, -0.2) is 42.6 Å². The maximum atomic E-state index is 13.4. The Morgan fingerprint density at radius 1 is 1.18 bits per heavy atom. The van der Waals surface area contributed by atoms with Crippen LogP contribution in [0.2, 0.25) is 0 Å². The topological polar surface area (TPSA) is 102 Å². The summed E-state index contributed by atoms with van der Waals surface area (Å²) >= 11 is 0. The molecule has 0 radical (unpaired) electrons. The Hall–Kier alpha value is -3.29. The molecule has 204 valence electrons. The lowest BCUT2D eigenvalue weighted by molar-refractivity contribution is -0.167. The van der Waals surface area contributed by atoms with Crippen molar-refractivity contribution in [3.05, 3.63) is 52.3 Å². The number of hydrogen-bond acceptors (Lipinski definition) is 7. The molecule has 0 aromatic carbocycles. The van der Waals surface area contributed by atoms with Gasteiger partial charge >= 0.3 is 5.97 Å². The van der Waals surface area contributed by atoms with Crippen molar-refractivity contribution in [2.45, 2.75) is 104 Å². The van der Waals surface area contributed by atoms with Crippen molar-refractivity contribution in [2.75, 3.05) is 0 Å². The summed E-state index contributed by atoms with van der Waals surface area (Å²) in [7, 11) is 0. The first kappa shape index (κ1) is 27.7. The Bertz CT molecular complexity index is 1230. The number of aromatic nitrogens is 4. The third-order valence-corrected chi connectivity index (χ3v) is 7.97. The van der Waals surface area contributed by atoms with Gasteiger partial charge in [0.25, 0.3) is 5.95 Å². The third kappa shape index (κ3) is 5.89. The number of ether oxygens (including phenoxy) is 1. The molecule has 8 nitrogen and oxygen atoms in total. The van der Waals surface area contributed by atoms with Crippen LogP contribution in [0.15, 0.2) is 34.5 Å². The molecule has 1 aliphatic carbocycles. The summed E-state index contributed by atoms with van der Waals surface area (Å²) in [5.74, 6) is 0.755. The summed E-state index contributed by atoms with van der Waals surface area (Å²) in [4.78, 5) is 27.0. The minimum absolute atomic E-state index is 0.103. The molecule has 1 fully saturated rings. The summed E-state index contributed by atoms with van der Waals surface area (Å²) in [6, 6.07) is 4.33. The number of aliphatic hydroxyl groups is 1. The summed E-state index contributed by atoms with van der Waals surface area (Å²) in [6.07, 6.45) is 11.5. The van der Waals surface area contributed by atoms with Crippen LogP contribution < -0.4 is 0 Å². The molecular formula is C30H41N5O3. The zero-order chi connectivity index (χ0) is 27.3. The van der Waals surface area contributed by atoms with E-state index in [4.69, 9.17) is 9.72 Å². The summed E-state index contributed by atoms with van der Waals surface area (Å²) in [5, 5.41) is 15.8. The number of aliphatic hydroxyl groups excluding tert-OH is 1. The van der Waals surface area contributed by atoms with Gasteiger partial charge in [-0.2, -0.15) is 4.98 Å². The average Bonchev–Trinajstić information content (AvgIpc) is 3.60. The second-order valence-electron chi connectivity index (χ2n) is 10.4. The standard InChI is InChI=1S/C30H41N5O3/c1-6-20(5)35-29(31-9-4)33-27(34-35)18-25-26(36)19-30(38-28(25)37,22-12-10-11-13-22)15-14-21-16-23(7-2)32-24(8-3)17-21/h6,9,16-17,22,36H,7-8,10-15,18-19H2,1-5H3/b20-6-,31-9+/t30-/m1/s1. The van der Waals surface area contributed by atoms with Crippen LogP contribution in [-0.2, 0) is 35.2 Å². The summed E-state index contributed by atoms with van der Waals surface area (Å²) < 4.78 is 7.97. The molecule has 0 bridgehead atoms. The minimum Gasteiger partial charge on any atom is -0.512 e. The number of nitrogens with zero attached hydrogens (tertiary/aromatic N) is 5. The molecule has 2 aliphatic rings. The Labute approximate surface area is 226 Å². The number of rotatable bonds is 10. The van der Waals surface area contributed by atoms with E-state index in [0.717, 1.165) is 62.0 Å². The molecule has 38 heavy (non-hydrogen) atoms. The molecule has 0 spiro atoms. The highest BCUT2D eigenvalue weighted by Crippen LogP contribution is 2.46. The van der Waals surface area contributed by atoms with E-state index in [2.05, 4.69) is 41.1 Å². The van der Waals surface area contributed by atoms with Gasteiger partial charge in [0.05, 0.1) is 5.57 Å². The zero-order valence-electron chi connectivity index (χ0n) is 23.5. The number of carbonyl (C=O) groups is 1. The highest BCUT2D eigenvalue weighted by molar-refractivity contribution is 5.90. The molecule has 0 amide bonds. The van der Waals surface area contributed by atoms with E-state index in [1.54, 1.807) is 10.9 Å². The first-order chi connectivity index (χ1) is 18.3. The van der Waals surface area contributed by atoms with Gasteiger partial charge in [0, 0.05) is 36.1 Å². The molecule has 0 saturated heterocycles. The van der Waals surface area contributed by atoms with Gasteiger partial charge in [0.2, 0.25) is 0 Å². The van der Waals surface area contributed by atoms with Crippen LogP contribution in [0, 0.1) is 5.92 Å². The van der Waals surface area contributed by atoms with E-state index in [9.17, 15) is 9.90 Å². The van der Waals surface area contributed by atoms with Gasteiger partial charge in [-0.25, -0.2) is 14.5 Å². The van der Waals surface area contributed by atoms with Gasteiger partial charge in [0.1, 0.15) is 11.4 Å². The highest BCUT2D eigenvalue weighted by Gasteiger charge is 2.48. The lowest BCUT2D eigenvalue weighted by Gasteiger charge is -2.41. The summed E-state index contributed by atoms with van der Waals surface area (Å²) in [5.41, 5.74) is 3.82. The monoisotopic (exact) mass is 519 g/mol. The van der Waals surface area contributed by atoms with Crippen molar-refractivity contribution >= 4 is 23.8 Å². The highest BCUT2D eigenvalue weighted by atomic mass is 16.6. The minimum atomic E-state index is -0.699. The molecule has 4 rings (SSSR count).